The molecule has 1 atom stereocenters. The number of carbonyl (C=O) groups is 2. The number of nitrogens with one attached hydrogen (secondary N) is 1. The Bertz CT molecular complexity index is 988. The molecule has 0 aliphatic rings. The van der Waals surface area contributed by atoms with Crippen LogP contribution in [-0.2, 0) is 11.3 Å². The summed E-state index contributed by atoms with van der Waals surface area (Å²) >= 11 is 1.05. The zero-order valence-corrected chi connectivity index (χ0v) is 17.7. The third-order valence-electron chi connectivity index (χ3n) is 4.13. The molecule has 0 spiro atoms. The average molecular weight is 428 g/mol. The number of hydrogen-bond acceptors (Lipinski definition) is 6. The number of aromatic nitrogens is 3. The van der Waals surface area contributed by atoms with Crippen molar-refractivity contribution in [1.82, 2.24) is 24.8 Å². The van der Waals surface area contributed by atoms with Crippen LogP contribution in [0.3, 0.4) is 0 Å². The van der Waals surface area contributed by atoms with E-state index in [0.717, 1.165) is 11.5 Å². The highest BCUT2D eigenvalue weighted by atomic mass is 32.1. The Balaban J connectivity index is 2.06. The highest BCUT2D eigenvalue weighted by Crippen LogP contribution is 2.25. The number of carbonyl (C=O) groups excluding carboxylic acids is 2. The molecule has 0 bridgehead atoms. The van der Waals surface area contributed by atoms with Crippen LogP contribution in [0.5, 0.6) is 0 Å². The molecule has 3 rings (SSSR count). The van der Waals surface area contributed by atoms with Crippen molar-refractivity contribution < 1.29 is 14.0 Å². The quantitative estimate of drug-likeness (QED) is 0.652. The van der Waals surface area contributed by atoms with Crippen LogP contribution in [0.25, 0.3) is 0 Å². The lowest BCUT2D eigenvalue weighted by atomic mass is 10.0. The van der Waals surface area contributed by atoms with E-state index in [1.54, 1.807) is 36.5 Å². The van der Waals surface area contributed by atoms with Gasteiger partial charge in [-0.15, -0.1) is 5.10 Å². The first kappa shape index (κ1) is 21.5. The second-order valence-electron chi connectivity index (χ2n) is 7.75. The van der Waals surface area contributed by atoms with Gasteiger partial charge in [0.05, 0.1) is 5.69 Å². The minimum absolute atomic E-state index is 0.0649. The lowest BCUT2D eigenvalue weighted by Gasteiger charge is -2.32. The zero-order valence-electron chi connectivity index (χ0n) is 16.9. The van der Waals surface area contributed by atoms with Crippen molar-refractivity contribution in [3.63, 3.8) is 0 Å². The fraction of sp³-hybridized carbons (Fsp3) is 0.286. The molecule has 156 valence electrons. The topological polar surface area (TPSA) is 88.1 Å². The highest BCUT2D eigenvalue weighted by Gasteiger charge is 2.35. The van der Waals surface area contributed by atoms with Gasteiger partial charge >= 0.3 is 0 Å². The first-order valence-corrected chi connectivity index (χ1v) is 10.1. The van der Waals surface area contributed by atoms with Gasteiger partial charge in [-0.1, -0.05) is 22.7 Å². The van der Waals surface area contributed by atoms with E-state index in [9.17, 15) is 14.0 Å². The maximum absolute atomic E-state index is 13.4. The standard InChI is InChI=1S/C21H22FN5O2S/c1-21(2,3)24-19(28)18(16-6-4-5-11-23-16)27(20(29)17-13-30-26-25-17)12-14-7-9-15(22)10-8-14/h4-11,13,18H,12H2,1-3H3,(H,24,28)/t18-/m0/s1. The maximum atomic E-state index is 13.4. The number of rotatable bonds is 6. The number of benzene rings is 1. The molecule has 2 heterocycles. The summed E-state index contributed by atoms with van der Waals surface area (Å²) in [6.07, 6.45) is 1.57. The molecule has 9 heteroatoms. The Morgan fingerprint density at radius 1 is 1.17 bits per heavy atom. The first-order valence-electron chi connectivity index (χ1n) is 9.30. The molecule has 0 radical (unpaired) electrons. The third kappa shape index (κ3) is 5.44. The first-order chi connectivity index (χ1) is 14.2. The number of halogens is 1. The van der Waals surface area contributed by atoms with Gasteiger partial charge in [0, 0.05) is 23.7 Å². The van der Waals surface area contributed by atoms with E-state index in [0.29, 0.717) is 11.3 Å². The van der Waals surface area contributed by atoms with Gasteiger partial charge in [-0.2, -0.15) is 0 Å². The van der Waals surface area contributed by atoms with E-state index in [-0.39, 0.29) is 24.0 Å². The van der Waals surface area contributed by atoms with Crippen molar-refractivity contribution in [3.8, 4) is 0 Å². The van der Waals surface area contributed by atoms with Gasteiger partial charge in [0.25, 0.3) is 5.91 Å². The molecule has 3 aromatic rings. The van der Waals surface area contributed by atoms with Crippen molar-refractivity contribution in [1.29, 1.82) is 0 Å². The lowest BCUT2D eigenvalue weighted by Crippen LogP contribution is -2.49. The maximum Gasteiger partial charge on any atom is 0.276 e. The van der Waals surface area contributed by atoms with Crippen LogP contribution >= 0.6 is 11.5 Å². The Kier molecular flexibility index (Phi) is 6.51. The van der Waals surface area contributed by atoms with Crippen molar-refractivity contribution >= 4 is 23.3 Å². The van der Waals surface area contributed by atoms with E-state index in [1.165, 1.54) is 22.4 Å². The van der Waals surface area contributed by atoms with Gasteiger partial charge in [-0.05, 0) is 62.1 Å². The van der Waals surface area contributed by atoms with Gasteiger partial charge in [-0.3, -0.25) is 14.6 Å². The Labute approximate surface area is 178 Å². The summed E-state index contributed by atoms with van der Waals surface area (Å²) in [4.78, 5) is 32.3. The molecule has 7 nitrogen and oxygen atoms in total. The number of nitrogens with zero attached hydrogens (tertiary/aromatic N) is 4. The number of hydrogen-bond donors (Lipinski definition) is 1. The minimum atomic E-state index is -1.01. The van der Waals surface area contributed by atoms with Crippen LogP contribution in [-0.4, -0.2) is 36.8 Å². The second-order valence-corrected chi connectivity index (χ2v) is 8.36. The summed E-state index contributed by atoms with van der Waals surface area (Å²) in [7, 11) is 0. The van der Waals surface area contributed by atoms with Crippen molar-refractivity contribution in [2.45, 2.75) is 38.9 Å². The molecular weight excluding hydrogens is 405 g/mol. The molecular formula is C21H22FN5O2S. The summed E-state index contributed by atoms with van der Waals surface area (Å²) in [5.74, 6) is -1.22. The van der Waals surface area contributed by atoms with Crippen LogP contribution in [0.4, 0.5) is 4.39 Å². The molecule has 2 aromatic heterocycles. The predicted octanol–water partition coefficient (Wildman–Crippen LogP) is 3.37. The highest BCUT2D eigenvalue weighted by molar-refractivity contribution is 7.03. The van der Waals surface area contributed by atoms with Crippen LogP contribution < -0.4 is 5.32 Å². The normalized spacial score (nSPS) is 12.3. The van der Waals surface area contributed by atoms with E-state index in [1.807, 2.05) is 20.8 Å². The molecule has 30 heavy (non-hydrogen) atoms. The summed E-state index contributed by atoms with van der Waals surface area (Å²) in [5.41, 5.74) is 0.693. The van der Waals surface area contributed by atoms with E-state index in [2.05, 4.69) is 19.9 Å². The SMILES string of the molecule is CC(C)(C)NC(=O)[C@H](c1ccccn1)N(Cc1ccc(F)cc1)C(=O)c1csnn1. The predicted molar refractivity (Wildman–Crippen MR) is 111 cm³/mol. The van der Waals surface area contributed by atoms with Gasteiger partial charge in [-0.25, -0.2) is 4.39 Å². The van der Waals surface area contributed by atoms with E-state index >= 15 is 0 Å². The van der Waals surface area contributed by atoms with Gasteiger partial charge < -0.3 is 10.2 Å². The molecule has 0 fully saturated rings. The van der Waals surface area contributed by atoms with Crippen molar-refractivity contribution in [2.24, 2.45) is 0 Å². The average Bonchev–Trinajstić information content (AvgIpc) is 3.23. The number of pyridine rings is 1. The number of amides is 2. The molecule has 1 N–H and O–H groups in total. The van der Waals surface area contributed by atoms with E-state index in [4.69, 9.17) is 0 Å². The van der Waals surface area contributed by atoms with Crippen LogP contribution in [0.2, 0.25) is 0 Å². The van der Waals surface area contributed by atoms with Crippen LogP contribution in [0, 0.1) is 5.82 Å². The minimum Gasteiger partial charge on any atom is -0.349 e. The lowest BCUT2D eigenvalue weighted by molar-refractivity contribution is -0.127. The summed E-state index contributed by atoms with van der Waals surface area (Å²) in [5, 5.41) is 8.32. The van der Waals surface area contributed by atoms with Crippen molar-refractivity contribution in [3.05, 3.63) is 76.8 Å². The summed E-state index contributed by atoms with van der Waals surface area (Å²) in [6.45, 7) is 5.64. The molecule has 0 saturated carbocycles. The molecule has 2 amide bonds. The van der Waals surface area contributed by atoms with Gasteiger partial charge in [0.1, 0.15) is 5.82 Å². The zero-order chi connectivity index (χ0) is 21.7. The van der Waals surface area contributed by atoms with Crippen LogP contribution in [0.1, 0.15) is 48.6 Å². The van der Waals surface area contributed by atoms with Gasteiger partial charge in [0.15, 0.2) is 11.7 Å². The Morgan fingerprint density at radius 3 is 2.47 bits per heavy atom. The second kappa shape index (κ2) is 9.08. The van der Waals surface area contributed by atoms with E-state index < -0.39 is 17.5 Å². The molecule has 0 aliphatic heterocycles. The fourth-order valence-corrected chi connectivity index (χ4v) is 3.31. The van der Waals surface area contributed by atoms with Crippen LogP contribution in [0.15, 0.2) is 54.0 Å². The fourth-order valence-electron chi connectivity index (χ4n) is 2.88. The summed E-state index contributed by atoms with van der Waals surface area (Å²) in [6, 6.07) is 9.95. The smallest absolute Gasteiger partial charge is 0.276 e. The van der Waals surface area contributed by atoms with Crippen molar-refractivity contribution in [2.75, 3.05) is 0 Å². The third-order valence-corrected chi connectivity index (χ3v) is 4.64. The van der Waals surface area contributed by atoms with Gasteiger partial charge in [0.2, 0.25) is 5.91 Å². The Morgan fingerprint density at radius 2 is 1.90 bits per heavy atom. The largest absolute Gasteiger partial charge is 0.349 e. The molecule has 0 aliphatic carbocycles. The Hall–Kier alpha value is -3.20. The molecule has 1 aromatic carbocycles. The monoisotopic (exact) mass is 427 g/mol. The summed E-state index contributed by atoms with van der Waals surface area (Å²) < 4.78 is 17.1. The molecule has 0 unspecified atom stereocenters. The molecule has 0 saturated heterocycles.